The van der Waals surface area contributed by atoms with Crippen LogP contribution < -0.4 is 5.73 Å². The number of nitrogens with zero attached hydrogens (tertiary/aromatic N) is 2. The molecule has 2 fully saturated rings. The second-order valence-electron chi connectivity index (χ2n) is 7.62. The first-order valence-corrected chi connectivity index (χ1v) is 9.33. The van der Waals surface area contributed by atoms with Crippen LogP contribution in [0.5, 0.6) is 0 Å². The van der Waals surface area contributed by atoms with Gasteiger partial charge in [0, 0.05) is 19.5 Å². The molecule has 2 amide bonds. The van der Waals surface area contributed by atoms with Gasteiger partial charge in [-0.1, -0.05) is 30.3 Å². The quantitative estimate of drug-likeness (QED) is 0.907. The molecule has 1 atom stereocenters. The summed E-state index contributed by atoms with van der Waals surface area (Å²) in [6, 6.07) is 9.94. The zero-order chi connectivity index (χ0) is 17.9. The molecule has 25 heavy (non-hydrogen) atoms. The lowest BCUT2D eigenvalue weighted by Gasteiger charge is -2.51. The maximum Gasteiger partial charge on any atom is 0.235 e. The van der Waals surface area contributed by atoms with Crippen molar-refractivity contribution in [2.24, 2.45) is 11.1 Å². The number of rotatable bonds is 4. The van der Waals surface area contributed by atoms with Crippen LogP contribution in [-0.2, 0) is 16.0 Å². The van der Waals surface area contributed by atoms with Crippen molar-refractivity contribution >= 4 is 11.8 Å². The number of hydrogen-bond donors (Lipinski definition) is 1. The van der Waals surface area contributed by atoms with E-state index >= 15 is 0 Å². The van der Waals surface area contributed by atoms with Crippen LogP contribution in [0.1, 0.15) is 37.7 Å². The predicted octanol–water partition coefficient (Wildman–Crippen LogP) is 1.81. The van der Waals surface area contributed by atoms with E-state index in [9.17, 15) is 9.59 Å². The molecule has 1 aromatic rings. The van der Waals surface area contributed by atoms with Gasteiger partial charge < -0.3 is 10.6 Å². The van der Waals surface area contributed by atoms with Crippen LogP contribution >= 0.6 is 0 Å². The third kappa shape index (κ3) is 3.87. The molecule has 2 aliphatic rings. The molecule has 2 saturated heterocycles. The SMILES string of the molecule is CN1CCCC2(CCN(C(=O)CCc3ccccc3)CC2)C1C(N)=O. The fourth-order valence-corrected chi connectivity index (χ4v) is 4.71. The second kappa shape index (κ2) is 7.56. The van der Waals surface area contributed by atoms with Crippen LogP contribution in [0.2, 0.25) is 0 Å². The van der Waals surface area contributed by atoms with E-state index in [1.54, 1.807) is 0 Å². The van der Waals surface area contributed by atoms with Gasteiger partial charge >= 0.3 is 0 Å². The van der Waals surface area contributed by atoms with Gasteiger partial charge in [-0.05, 0) is 56.7 Å². The minimum atomic E-state index is -0.217. The van der Waals surface area contributed by atoms with Crippen LogP contribution in [0.15, 0.2) is 30.3 Å². The molecular formula is C20H29N3O2. The van der Waals surface area contributed by atoms with Crippen molar-refractivity contribution in [1.82, 2.24) is 9.80 Å². The lowest BCUT2D eigenvalue weighted by atomic mass is 9.66. The fourth-order valence-electron chi connectivity index (χ4n) is 4.71. The number of likely N-dealkylation sites (N-methyl/N-ethyl adjacent to an activating group) is 1. The number of nitrogens with two attached hydrogens (primary N) is 1. The maximum atomic E-state index is 12.5. The normalized spacial score (nSPS) is 23.6. The van der Waals surface area contributed by atoms with Crippen molar-refractivity contribution < 1.29 is 9.59 Å². The maximum absolute atomic E-state index is 12.5. The Hall–Kier alpha value is -1.88. The zero-order valence-corrected chi connectivity index (χ0v) is 15.1. The highest BCUT2D eigenvalue weighted by atomic mass is 16.2. The first kappa shape index (κ1) is 17.9. The number of benzene rings is 1. The summed E-state index contributed by atoms with van der Waals surface area (Å²) in [5.41, 5.74) is 6.86. The van der Waals surface area contributed by atoms with Crippen molar-refractivity contribution in [3.63, 3.8) is 0 Å². The Morgan fingerprint density at radius 2 is 1.80 bits per heavy atom. The van der Waals surface area contributed by atoms with E-state index in [-0.39, 0.29) is 23.3 Å². The first-order chi connectivity index (χ1) is 12.0. The molecule has 2 heterocycles. The molecule has 2 N–H and O–H groups in total. The van der Waals surface area contributed by atoms with Gasteiger partial charge in [0.15, 0.2) is 0 Å². The largest absolute Gasteiger partial charge is 0.368 e. The smallest absolute Gasteiger partial charge is 0.235 e. The van der Waals surface area contributed by atoms with Gasteiger partial charge in [0.1, 0.15) is 0 Å². The van der Waals surface area contributed by atoms with Gasteiger partial charge in [-0.15, -0.1) is 0 Å². The Morgan fingerprint density at radius 3 is 2.44 bits per heavy atom. The van der Waals surface area contributed by atoms with Gasteiger partial charge in [-0.25, -0.2) is 0 Å². The molecule has 5 nitrogen and oxygen atoms in total. The lowest BCUT2D eigenvalue weighted by molar-refractivity contribution is -0.139. The molecule has 2 aliphatic heterocycles. The molecule has 5 heteroatoms. The first-order valence-electron chi connectivity index (χ1n) is 9.33. The average molecular weight is 343 g/mol. The van der Waals surface area contributed by atoms with Crippen LogP contribution in [0.25, 0.3) is 0 Å². The van der Waals surface area contributed by atoms with E-state index in [1.807, 2.05) is 30.1 Å². The number of aryl methyl sites for hydroxylation is 1. The van der Waals surface area contributed by atoms with Gasteiger partial charge in [0.2, 0.25) is 11.8 Å². The molecule has 1 unspecified atom stereocenters. The highest BCUT2D eigenvalue weighted by molar-refractivity contribution is 5.81. The van der Waals surface area contributed by atoms with E-state index in [2.05, 4.69) is 17.0 Å². The summed E-state index contributed by atoms with van der Waals surface area (Å²) in [5.74, 6) is 0.00421. The van der Waals surface area contributed by atoms with Gasteiger partial charge in [-0.3, -0.25) is 14.5 Å². The molecule has 0 aliphatic carbocycles. The van der Waals surface area contributed by atoms with E-state index in [1.165, 1.54) is 5.56 Å². The summed E-state index contributed by atoms with van der Waals surface area (Å²) in [7, 11) is 1.99. The number of primary amides is 1. The zero-order valence-electron chi connectivity index (χ0n) is 15.1. The molecule has 3 rings (SSSR count). The Labute approximate surface area is 150 Å². The summed E-state index contributed by atoms with van der Waals surface area (Å²) in [6.45, 7) is 2.41. The van der Waals surface area contributed by atoms with Gasteiger partial charge in [-0.2, -0.15) is 0 Å². The van der Waals surface area contributed by atoms with Crippen LogP contribution in [0.4, 0.5) is 0 Å². The monoisotopic (exact) mass is 343 g/mol. The summed E-state index contributed by atoms with van der Waals surface area (Å²) in [5, 5.41) is 0. The minimum Gasteiger partial charge on any atom is -0.368 e. The van der Waals surface area contributed by atoms with Crippen molar-refractivity contribution in [1.29, 1.82) is 0 Å². The Bertz CT molecular complexity index is 609. The van der Waals surface area contributed by atoms with Crippen LogP contribution in [0.3, 0.4) is 0 Å². The molecule has 0 bridgehead atoms. The van der Waals surface area contributed by atoms with Crippen molar-refractivity contribution in [3.8, 4) is 0 Å². The highest BCUT2D eigenvalue weighted by Gasteiger charge is 2.48. The van der Waals surface area contributed by atoms with Crippen molar-refractivity contribution in [2.45, 2.75) is 44.6 Å². The van der Waals surface area contributed by atoms with Gasteiger partial charge in [0.05, 0.1) is 6.04 Å². The Balaban J connectivity index is 1.57. The standard InChI is InChI=1S/C20H29N3O2/c1-22-13-5-10-20(18(22)19(21)25)11-14-23(15-12-20)17(24)9-8-16-6-3-2-4-7-16/h2-4,6-7,18H,5,8-15H2,1H3,(H2,21,25). The van der Waals surface area contributed by atoms with Crippen molar-refractivity contribution in [3.05, 3.63) is 35.9 Å². The number of carbonyl (C=O) groups is 2. The highest BCUT2D eigenvalue weighted by Crippen LogP contribution is 2.44. The minimum absolute atomic E-state index is 0.0466. The number of carbonyl (C=O) groups excluding carboxylic acids is 2. The number of piperidine rings is 2. The number of likely N-dealkylation sites (tertiary alicyclic amines) is 2. The molecular weight excluding hydrogens is 314 g/mol. The van der Waals surface area contributed by atoms with Crippen LogP contribution in [-0.4, -0.2) is 54.3 Å². The Morgan fingerprint density at radius 1 is 1.12 bits per heavy atom. The third-order valence-corrected chi connectivity index (χ3v) is 6.06. The van der Waals surface area contributed by atoms with E-state index in [4.69, 9.17) is 5.73 Å². The number of hydrogen-bond acceptors (Lipinski definition) is 3. The van der Waals surface area contributed by atoms with Gasteiger partial charge in [0.25, 0.3) is 0 Å². The predicted molar refractivity (Wildman–Crippen MR) is 97.9 cm³/mol. The van der Waals surface area contributed by atoms with Crippen molar-refractivity contribution in [2.75, 3.05) is 26.7 Å². The molecule has 0 radical (unpaired) electrons. The van der Waals surface area contributed by atoms with E-state index < -0.39 is 0 Å². The fraction of sp³-hybridized carbons (Fsp3) is 0.600. The number of amides is 2. The third-order valence-electron chi connectivity index (χ3n) is 6.06. The van der Waals surface area contributed by atoms with E-state index in [0.717, 1.165) is 51.7 Å². The molecule has 136 valence electrons. The summed E-state index contributed by atoms with van der Waals surface area (Å²) in [6.07, 6.45) is 5.23. The second-order valence-corrected chi connectivity index (χ2v) is 7.62. The molecule has 0 aromatic heterocycles. The topological polar surface area (TPSA) is 66.6 Å². The van der Waals surface area contributed by atoms with E-state index in [0.29, 0.717) is 6.42 Å². The summed E-state index contributed by atoms with van der Waals surface area (Å²) >= 11 is 0. The molecule has 1 aromatic carbocycles. The molecule has 0 saturated carbocycles. The summed E-state index contributed by atoms with van der Waals surface area (Å²) < 4.78 is 0. The summed E-state index contributed by atoms with van der Waals surface area (Å²) in [4.78, 5) is 28.6. The lowest BCUT2D eigenvalue weighted by Crippen LogP contribution is -2.60. The Kier molecular flexibility index (Phi) is 5.42. The average Bonchev–Trinajstić information content (AvgIpc) is 2.61. The molecule has 1 spiro atoms. The van der Waals surface area contributed by atoms with Crippen LogP contribution in [0, 0.1) is 5.41 Å².